The molecule has 0 saturated carbocycles. The fourth-order valence-corrected chi connectivity index (χ4v) is 3.07. The topological polar surface area (TPSA) is 34.2 Å². The van der Waals surface area contributed by atoms with Crippen LogP contribution in [0.5, 0.6) is 11.5 Å². The summed E-state index contributed by atoms with van der Waals surface area (Å²) in [6, 6.07) is 15.0. The van der Waals surface area contributed by atoms with Gasteiger partial charge in [0.05, 0.1) is 11.7 Å². The third-order valence-corrected chi connectivity index (χ3v) is 4.25. The maximum atomic E-state index is 6.20. The number of nitrogens with zero attached hydrogens (tertiary/aromatic N) is 1. The highest BCUT2D eigenvalue weighted by atomic mass is 35.5. The van der Waals surface area contributed by atoms with E-state index in [2.05, 4.69) is 10.3 Å². The van der Waals surface area contributed by atoms with Crippen LogP contribution in [0.1, 0.15) is 17.2 Å². The molecule has 23 heavy (non-hydrogen) atoms. The number of pyridine rings is 1. The van der Waals surface area contributed by atoms with E-state index in [1.807, 2.05) is 48.5 Å². The van der Waals surface area contributed by atoms with Crippen molar-refractivity contribution in [2.75, 3.05) is 5.32 Å². The molecule has 1 aliphatic rings. The molecule has 0 amide bonds. The van der Waals surface area contributed by atoms with Crippen molar-refractivity contribution < 1.29 is 4.74 Å². The minimum atomic E-state index is -0.105. The Morgan fingerprint density at radius 3 is 2.35 bits per heavy atom. The summed E-state index contributed by atoms with van der Waals surface area (Å²) in [5, 5.41) is 4.82. The lowest BCUT2D eigenvalue weighted by molar-refractivity contribution is 0.483. The Morgan fingerprint density at radius 2 is 1.57 bits per heavy atom. The molecule has 114 valence electrons. The van der Waals surface area contributed by atoms with Gasteiger partial charge in [-0.3, -0.25) is 4.98 Å². The van der Waals surface area contributed by atoms with Crippen LogP contribution in [0, 0.1) is 0 Å². The van der Waals surface area contributed by atoms with E-state index in [0.29, 0.717) is 10.0 Å². The van der Waals surface area contributed by atoms with Gasteiger partial charge in [-0.1, -0.05) is 23.2 Å². The van der Waals surface area contributed by atoms with Crippen LogP contribution >= 0.6 is 23.2 Å². The number of rotatable bonds is 1. The number of ether oxygens (including phenoxy) is 1. The summed E-state index contributed by atoms with van der Waals surface area (Å²) < 4.78 is 6.07. The van der Waals surface area contributed by atoms with E-state index in [-0.39, 0.29) is 6.04 Å². The molecule has 5 heteroatoms. The molecule has 4 rings (SSSR count). The van der Waals surface area contributed by atoms with Crippen LogP contribution < -0.4 is 10.1 Å². The Morgan fingerprint density at radius 1 is 0.870 bits per heavy atom. The van der Waals surface area contributed by atoms with E-state index >= 15 is 0 Å². The van der Waals surface area contributed by atoms with Gasteiger partial charge in [-0.2, -0.15) is 0 Å². The minimum absolute atomic E-state index is 0.105. The van der Waals surface area contributed by atoms with Crippen LogP contribution in [0.2, 0.25) is 10.0 Å². The molecule has 0 aliphatic carbocycles. The summed E-state index contributed by atoms with van der Waals surface area (Å²) in [4.78, 5) is 4.09. The van der Waals surface area contributed by atoms with E-state index in [4.69, 9.17) is 27.9 Å². The highest BCUT2D eigenvalue weighted by Crippen LogP contribution is 2.43. The molecule has 1 N–H and O–H groups in total. The van der Waals surface area contributed by atoms with Crippen LogP contribution in [-0.2, 0) is 0 Å². The van der Waals surface area contributed by atoms with E-state index in [0.717, 1.165) is 28.3 Å². The summed E-state index contributed by atoms with van der Waals surface area (Å²) in [6.45, 7) is 0. The SMILES string of the molecule is Clc1ccc2c(c1)NC(c1ccncc1)c1cc(Cl)ccc1O2. The van der Waals surface area contributed by atoms with Crippen LogP contribution in [0.3, 0.4) is 0 Å². The maximum absolute atomic E-state index is 6.20. The van der Waals surface area contributed by atoms with Gasteiger partial charge >= 0.3 is 0 Å². The second kappa shape index (κ2) is 5.76. The second-order valence-electron chi connectivity index (χ2n) is 5.28. The van der Waals surface area contributed by atoms with Crippen molar-refractivity contribution >= 4 is 28.9 Å². The molecule has 3 nitrogen and oxygen atoms in total. The molecule has 1 aliphatic heterocycles. The number of anilines is 1. The average molecular weight is 343 g/mol. The van der Waals surface area contributed by atoms with Crippen LogP contribution in [0.25, 0.3) is 0 Å². The standard InChI is InChI=1S/C18H12Cl2N2O/c19-12-1-3-16-14(9-12)18(11-5-7-21-8-6-11)22-15-10-13(20)2-4-17(15)23-16/h1-10,18,22H. The Bertz CT molecular complexity index is 868. The first-order valence-electron chi connectivity index (χ1n) is 7.14. The highest BCUT2D eigenvalue weighted by molar-refractivity contribution is 6.31. The number of hydrogen-bond acceptors (Lipinski definition) is 3. The third-order valence-electron chi connectivity index (χ3n) is 3.78. The monoisotopic (exact) mass is 342 g/mol. The Kier molecular flexibility index (Phi) is 3.60. The molecule has 0 radical (unpaired) electrons. The van der Waals surface area contributed by atoms with Gasteiger partial charge in [0, 0.05) is 28.0 Å². The van der Waals surface area contributed by atoms with Crippen LogP contribution in [0.15, 0.2) is 60.9 Å². The van der Waals surface area contributed by atoms with E-state index in [1.54, 1.807) is 12.4 Å². The van der Waals surface area contributed by atoms with Gasteiger partial charge in [-0.05, 0) is 54.1 Å². The van der Waals surface area contributed by atoms with Crippen molar-refractivity contribution in [2.24, 2.45) is 0 Å². The molecule has 0 spiro atoms. The quantitative estimate of drug-likeness (QED) is 0.616. The van der Waals surface area contributed by atoms with Gasteiger partial charge in [0.15, 0.2) is 5.75 Å². The maximum Gasteiger partial charge on any atom is 0.150 e. The van der Waals surface area contributed by atoms with Crippen molar-refractivity contribution in [3.8, 4) is 11.5 Å². The number of aromatic nitrogens is 1. The molecule has 0 fully saturated rings. The number of benzene rings is 2. The summed E-state index contributed by atoms with van der Waals surface area (Å²) in [7, 11) is 0. The van der Waals surface area contributed by atoms with Crippen molar-refractivity contribution in [3.05, 3.63) is 82.1 Å². The number of hydrogen-bond donors (Lipinski definition) is 1. The first-order valence-corrected chi connectivity index (χ1v) is 7.89. The van der Waals surface area contributed by atoms with Gasteiger partial charge < -0.3 is 10.1 Å². The number of fused-ring (bicyclic) bond motifs is 2. The molecule has 1 aromatic heterocycles. The minimum Gasteiger partial charge on any atom is -0.455 e. The summed E-state index contributed by atoms with van der Waals surface area (Å²) in [6.07, 6.45) is 3.54. The molecular formula is C18H12Cl2N2O. The molecule has 1 atom stereocenters. The Hall–Kier alpha value is -2.23. The van der Waals surface area contributed by atoms with E-state index < -0.39 is 0 Å². The summed E-state index contributed by atoms with van der Waals surface area (Å²) in [5.74, 6) is 1.50. The predicted octanol–water partition coefficient (Wildman–Crippen LogP) is 5.70. The highest BCUT2D eigenvalue weighted by Gasteiger charge is 2.24. The molecular weight excluding hydrogens is 331 g/mol. The van der Waals surface area contributed by atoms with Crippen molar-refractivity contribution in [1.29, 1.82) is 0 Å². The zero-order chi connectivity index (χ0) is 15.8. The largest absolute Gasteiger partial charge is 0.455 e. The molecule has 0 bridgehead atoms. The van der Waals surface area contributed by atoms with Gasteiger partial charge in [-0.15, -0.1) is 0 Å². The first kappa shape index (κ1) is 14.4. The van der Waals surface area contributed by atoms with Crippen LogP contribution in [0.4, 0.5) is 5.69 Å². The van der Waals surface area contributed by atoms with E-state index in [9.17, 15) is 0 Å². The zero-order valence-corrected chi connectivity index (χ0v) is 13.5. The van der Waals surface area contributed by atoms with Gasteiger partial charge in [0.25, 0.3) is 0 Å². The molecule has 2 heterocycles. The molecule has 3 aromatic rings. The van der Waals surface area contributed by atoms with Crippen molar-refractivity contribution in [1.82, 2.24) is 4.98 Å². The number of halogens is 2. The molecule has 1 unspecified atom stereocenters. The average Bonchev–Trinajstić information content (AvgIpc) is 2.72. The van der Waals surface area contributed by atoms with Crippen molar-refractivity contribution in [3.63, 3.8) is 0 Å². The normalized spacial score (nSPS) is 15.7. The van der Waals surface area contributed by atoms with Gasteiger partial charge in [0.1, 0.15) is 5.75 Å². The Labute approximate surface area is 143 Å². The third kappa shape index (κ3) is 2.74. The first-order chi connectivity index (χ1) is 11.2. The summed E-state index contributed by atoms with van der Waals surface area (Å²) in [5.41, 5.74) is 2.88. The smallest absolute Gasteiger partial charge is 0.150 e. The fourth-order valence-electron chi connectivity index (χ4n) is 2.71. The zero-order valence-electron chi connectivity index (χ0n) is 12.0. The lowest BCUT2D eigenvalue weighted by atomic mass is 9.98. The lowest BCUT2D eigenvalue weighted by Crippen LogP contribution is -2.11. The van der Waals surface area contributed by atoms with Crippen molar-refractivity contribution in [2.45, 2.75) is 6.04 Å². The lowest BCUT2D eigenvalue weighted by Gasteiger charge is -2.19. The fraction of sp³-hybridized carbons (Fsp3) is 0.0556. The second-order valence-corrected chi connectivity index (χ2v) is 6.16. The summed E-state index contributed by atoms with van der Waals surface area (Å²) >= 11 is 12.3. The van der Waals surface area contributed by atoms with Crippen LogP contribution in [-0.4, -0.2) is 4.98 Å². The number of nitrogens with one attached hydrogen (secondary N) is 1. The molecule has 0 saturated heterocycles. The predicted molar refractivity (Wildman–Crippen MR) is 92.7 cm³/mol. The Balaban J connectivity index is 1.92. The molecule has 2 aromatic carbocycles. The van der Waals surface area contributed by atoms with Gasteiger partial charge in [-0.25, -0.2) is 0 Å². The van der Waals surface area contributed by atoms with Gasteiger partial charge in [0.2, 0.25) is 0 Å². The van der Waals surface area contributed by atoms with E-state index in [1.165, 1.54) is 0 Å².